The predicted molar refractivity (Wildman–Crippen MR) is 84.8 cm³/mol. The molecule has 2 rings (SSSR count). The van der Waals surface area contributed by atoms with Crippen LogP contribution in [0.25, 0.3) is 0 Å². The lowest BCUT2D eigenvalue weighted by Gasteiger charge is -2.34. The third kappa shape index (κ3) is 4.21. The van der Waals surface area contributed by atoms with Gasteiger partial charge >= 0.3 is 0 Å². The molecule has 0 N–H and O–H groups in total. The summed E-state index contributed by atoms with van der Waals surface area (Å²) < 4.78 is 36.5. The van der Waals surface area contributed by atoms with Crippen LogP contribution in [0.5, 0.6) is 5.75 Å². The zero-order chi connectivity index (χ0) is 16.9. The van der Waals surface area contributed by atoms with E-state index in [1.54, 1.807) is 24.1 Å². The summed E-state index contributed by atoms with van der Waals surface area (Å²) in [7, 11) is -0.459. The number of carbonyl (C=O) groups is 1. The molecule has 1 aliphatic rings. The zero-order valence-corrected chi connectivity index (χ0v) is 14.2. The average Bonchev–Trinajstić information content (AvgIpc) is 2.59. The van der Waals surface area contributed by atoms with Crippen LogP contribution < -0.4 is 4.74 Å². The van der Waals surface area contributed by atoms with Crippen molar-refractivity contribution >= 4 is 15.9 Å². The first kappa shape index (κ1) is 17.7. The summed E-state index contributed by atoms with van der Waals surface area (Å²) in [6, 6.07) is 6.31. The first-order chi connectivity index (χ1) is 11.0. The van der Waals surface area contributed by atoms with Crippen LogP contribution >= 0.6 is 0 Å². The maximum absolute atomic E-state index is 12.6. The maximum Gasteiger partial charge on any atom is 0.243 e. The summed E-state index contributed by atoms with van der Waals surface area (Å²) in [6.07, 6.45) is 0.321. The molecular weight excluding hydrogens is 320 g/mol. The van der Waals surface area contributed by atoms with Gasteiger partial charge in [0.15, 0.2) is 0 Å². The normalized spacial score (nSPS) is 16.3. The number of rotatable bonds is 6. The van der Waals surface area contributed by atoms with Gasteiger partial charge in [-0.15, -0.1) is 0 Å². The highest BCUT2D eigenvalue weighted by atomic mass is 32.2. The van der Waals surface area contributed by atoms with E-state index in [-0.39, 0.29) is 10.8 Å². The van der Waals surface area contributed by atoms with Gasteiger partial charge in [0.1, 0.15) is 5.75 Å². The Bertz CT molecular complexity index is 622. The topological polar surface area (TPSA) is 76.2 Å². The number of hydrogen-bond donors (Lipinski definition) is 0. The van der Waals surface area contributed by atoms with Gasteiger partial charge in [-0.1, -0.05) is 0 Å². The summed E-state index contributed by atoms with van der Waals surface area (Å²) in [5.74, 6) is 0.603. The highest BCUT2D eigenvalue weighted by molar-refractivity contribution is 7.89. The second-order valence-corrected chi connectivity index (χ2v) is 7.14. The van der Waals surface area contributed by atoms with Gasteiger partial charge in [-0.25, -0.2) is 8.42 Å². The standard InChI is InChI=1S/C15H22N2O5S/c1-21-12-7-15(18)16-8-10-17(11-9-16)23(19,20)14-5-3-13(22-2)4-6-14/h3-6H,7-12H2,1-2H3. The van der Waals surface area contributed by atoms with Gasteiger partial charge in [0.25, 0.3) is 0 Å². The molecule has 1 amide bonds. The van der Waals surface area contributed by atoms with Crippen molar-refractivity contribution in [3.63, 3.8) is 0 Å². The van der Waals surface area contributed by atoms with Gasteiger partial charge in [0.05, 0.1) is 25.0 Å². The smallest absolute Gasteiger partial charge is 0.243 e. The number of methoxy groups -OCH3 is 2. The fraction of sp³-hybridized carbons (Fsp3) is 0.533. The minimum atomic E-state index is -3.54. The van der Waals surface area contributed by atoms with Crippen LogP contribution in [0, 0.1) is 0 Å². The van der Waals surface area contributed by atoms with Crippen LogP contribution in [-0.4, -0.2) is 70.5 Å². The molecule has 1 aromatic carbocycles. The molecule has 1 saturated heterocycles. The number of hydrogen-bond acceptors (Lipinski definition) is 5. The van der Waals surface area contributed by atoms with Crippen LogP contribution in [-0.2, 0) is 19.6 Å². The number of carbonyl (C=O) groups excluding carboxylic acids is 1. The summed E-state index contributed by atoms with van der Waals surface area (Å²) in [6.45, 7) is 1.78. The second-order valence-electron chi connectivity index (χ2n) is 5.20. The Morgan fingerprint density at radius 1 is 1.09 bits per heavy atom. The Hall–Kier alpha value is -1.64. The first-order valence-electron chi connectivity index (χ1n) is 7.40. The molecule has 1 heterocycles. The van der Waals surface area contributed by atoms with E-state index in [1.807, 2.05) is 0 Å². The molecule has 1 fully saturated rings. The van der Waals surface area contributed by atoms with Crippen molar-refractivity contribution in [3.8, 4) is 5.75 Å². The van der Waals surface area contributed by atoms with Crippen LogP contribution in [0.4, 0.5) is 0 Å². The van der Waals surface area contributed by atoms with Crippen LogP contribution in [0.15, 0.2) is 29.2 Å². The van der Waals surface area contributed by atoms with E-state index in [2.05, 4.69) is 0 Å². The second kappa shape index (κ2) is 7.76. The van der Waals surface area contributed by atoms with Crippen molar-refractivity contribution in [2.75, 3.05) is 47.0 Å². The van der Waals surface area contributed by atoms with Crippen LogP contribution in [0.3, 0.4) is 0 Å². The predicted octanol–water partition coefficient (Wildman–Crippen LogP) is 0.565. The fourth-order valence-corrected chi connectivity index (χ4v) is 3.84. The lowest BCUT2D eigenvalue weighted by molar-refractivity contribution is -0.133. The monoisotopic (exact) mass is 342 g/mol. The van der Waals surface area contributed by atoms with Gasteiger partial charge in [-0.2, -0.15) is 4.31 Å². The molecule has 0 aliphatic carbocycles. The van der Waals surface area contributed by atoms with Gasteiger partial charge in [-0.3, -0.25) is 4.79 Å². The summed E-state index contributed by atoms with van der Waals surface area (Å²) in [5.41, 5.74) is 0. The number of nitrogens with zero attached hydrogens (tertiary/aromatic N) is 2. The largest absolute Gasteiger partial charge is 0.497 e. The van der Waals surface area contributed by atoms with Crippen molar-refractivity contribution in [2.24, 2.45) is 0 Å². The Balaban J connectivity index is 1.99. The average molecular weight is 342 g/mol. The van der Waals surface area contributed by atoms with E-state index >= 15 is 0 Å². The molecule has 0 saturated carbocycles. The number of ether oxygens (including phenoxy) is 2. The number of amides is 1. The van der Waals surface area contributed by atoms with Crippen molar-refractivity contribution in [2.45, 2.75) is 11.3 Å². The zero-order valence-electron chi connectivity index (χ0n) is 13.4. The first-order valence-corrected chi connectivity index (χ1v) is 8.84. The summed E-state index contributed by atoms with van der Waals surface area (Å²) in [5, 5.41) is 0. The van der Waals surface area contributed by atoms with E-state index < -0.39 is 10.0 Å². The Morgan fingerprint density at radius 2 is 1.70 bits per heavy atom. The molecule has 128 valence electrons. The minimum absolute atomic E-state index is 0.00616. The number of benzene rings is 1. The highest BCUT2D eigenvalue weighted by Gasteiger charge is 2.29. The molecule has 1 aliphatic heterocycles. The molecule has 0 atom stereocenters. The quantitative estimate of drug-likeness (QED) is 0.755. The Labute approximate surface area is 136 Å². The van der Waals surface area contributed by atoms with Crippen molar-refractivity contribution in [1.82, 2.24) is 9.21 Å². The lowest BCUT2D eigenvalue weighted by atomic mass is 10.3. The fourth-order valence-electron chi connectivity index (χ4n) is 2.42. The highest BCUT2D eigenvalue weighted by Crippen LogP contribution is 2.20. The summed E-state index contributed by atoms with van der Waals surface area (Å²) in [4.78, 5) is 13.8. The van der Waals surface area contributed by atoms with Gasteiger partial charge in [0.2, 0.25) is 15.9 Å². The van der Waals surface area contributed by atoms with Crippen molar-refractivity contribution < 1.29 is 22.7 Å². The van der Waals surface area contributed by atoms with Gasteiger partial charge in [-0.05, 0) is 24.3 Å². The molecule has 1 aromatic rings. The van der Waals surface area contributed by atoms with Crippen LogP contribution in [0.1, 0.15) is 6.42 Å². The third-order valence-electron chi connectivity index (χ3n) is 3.81. The number of sulfonamides is 1. The van der Waals surface area contributed by atoms with E-state index in [9.17, 15) is 13.2 Å². The molecule has 0 unspecified atom stereocenters. The van der Waals surface area contributed by atoms with Gasteiger partial charge in [0, 0.05) is 33.3 Å². The minimum Gasteiger partial charge on any atom is -0.497 e. The van der Waals surface area contributed by atoms with Crippen molar-refractivity contribution in [1.29, 1.82) is 0 Å². The van der Waals surface area contributed by atoms with E-state index in [0.29, 0.717) is 45.0 Å². The summed E-state index contributed by atoms with van der Waals surface area (Å²) >= 11 is 0. The van der Waals surface area contributed by atoms with E-state index in [0.717, 1.165) is 0 Å². The van der Waals surface area contributed by atoms with Gasteiger partial charge < -0.3 is 14.4 Å². The Kier molecular flexibility index (Phi) is 5.97. The SMILES string of the molecule is COCCC(=O)N1CCN(S(=O)(=O)c2ccc(OC)cc2)CC1. The molecule has 8 heteroatoms. The molecule has 0 spiro atoms. The number of piperazine rings is 1. The van der Waals surface area contributed by atoms with E-state index in [1.165, 1.54) is 23.5 Å². The molecule has 0 radical (unpaired) electrons. The maximum atomic E-state index is 12.6. The van der Waals surface area contributed by atoms with Crippen LogP contribution in [0.2, 0.25) is 0 Å². The molecule has 0 bridgehead atoms. The lowest BCUT2D eigenvalue weighted by Crippen LogP contribution is -2.50. The molecule has 23 heavy (non-hydrogen) atoms. The molecular formula is C15H22N2O5S. The third-order valence-corrected chi connectivity index (χ3v) is 5.72. The van der Waals surface area contributed by atoms with E-state index in [4.69, 9.17) is 9.47 Å². The van der Waals surface area contributed by atoms with Crippen molar-refractivity contribution in [3.05, 3.63) is 24.3 Å². The molecule has 7 nitrogen and oxygen atoms in total. The Morgan fingerprint density at radius 3 is 2.22 bits per heavy atom. The molecule has 0 aromatic heterocycles.